The van der Waals surface area contributed by atoms with Gasteiger partial charge in [0.2, 0.25) is 11.8 Å². The molecule has 13 heteroatoms. The van der Waals surface area contributed by atoms with Crippen LogP contribution in [0.5, 0.6) is 5.75 Å². The number of nitrogens with one attached hydrogen (secondary N) is 2. The molecule has 2 N–H and O–H groups in total. The molecular formula is C41H41ClN6O6. The van der Waals surface area contributed by atoms with Crippen molar-refractivity contribution in [3.8, 4) is 11.8 Å². The van der Waals surface area contributed by atoms with Crippen molar-refractivity contribution in [2.24, 2.45) is 5.92 Å². The van der Waals surface area contributed by atoms with E-state index in [0.29, 0.717) is 52.0 Å². The molecule has 1 atom stereocenters. The molecule has 3 aromatic rings. The second kappa shape index (κ2) is 14.9. The third-order valence-corrected chi connectivity index (χ3v) is 11.9. The summed E-state index contributed by atoms with van der Waals surface area (Å²) < 4.78 is 6.09. The summed E-state index contributed by atoms with van der Waals surface area (Å²) in [4.78, 5) is 69.4. The second-order valence-corrected chi connectivity index (χ2v) is 15.5. The number of fused-ring (bicyclic) bond motifs is 2. The minimum atomic E-state index is -0.961. The van der Waals surface area contributed by atoms with Crippen molar-refractivity contribution in [2.75, 3.05) is 24.5 Å². The maximum Gasteiger partial charge on any atom is 0.262 e. The fourth-order valence-electron chi connectivity index (χ4n) is 8.58. The van der Waals surface area contributed by atoms with E-state index in [9.17, 15) is 24.0 Å². The van der Waals surface area contributed by atoms with Gasteiger partial charge in [-0.05, 0) is 111 Å². The van der Waals surface area contributed by atoms with Crippen molar-refractivity contribution in [2.45, 2.75) is 82.6 Å². The van der Waals surface area contributed by atoms with E-state index in [2.05, 4.69) is 26.5 Å². The number of benzene rings is 3. The molecule has 278 valence electrons. The number of ether oxygens (including phenoxy) is 1. The van der Waals surface area contributed by atoms with Gasteiger partial charge in [-0.25, -0.2) is 0 Å². The predicted octanol–water partition coefficient (Wildman–Crippen LogP) is 4.97. The van der Waals surface area contributed by atoms with Crippen LogP contribution in [0.2, 0.25) is 5.02 Å². The zero-order chi connectivity index (χ0) is 37.5. The largest absolute Gasteiger partial charge is 0.490 e. The van der Waals surface area contributed by atoms with Crippen LogP contribution in [0.1, 0.15) is 99.1 Å². The molecule has 12 nitrogen and oxygen atoms in total. The predicted molar refractivity (Wildman–Crippen MR) is 199 cm³/mol. The Kier molecular flexibility index (Phi) is 9.85. The normalized spacial score (nSPS) is 23.1. The Morgan fingerprint density at radius 2 is 1.54 bits per heavy atom. The highest BCUT2D eigenvalue weighted by Gasteiger charge is 2.45. The van der Waals surface area contributed by atoms with Gasteiger partial charge in [-0.2, -0.15) is 5.26 Å². The molecule has 4 heterocycles. The first-order valence-corrected chi connectivity index (χ1v) is 19.1. The zero-order valence-corrected chi connectivity index (χ0v) is 30.6. The summed E-state index contributed by atoms with van der Waals surface area (Å²) in [6.45, 7) is 4.17. The van der Waals surface area contributed by atoms with E-state index < -0.39 is 23.8 Å². The maximum absolute atomic E-state index is 13.3. The third-order valence-electron chi connectivity index (χ3n) is 11.5. The average Bonchev–Trinajstić information content (AvgIpc) is 3.67. The van der Waals surface area contributed by atoms with Gasteiger partial charge in [0.1, 0.15) is 17.9 Å². The van der Waals surface area contributed by atoms with Crippen LogP contribution in [-0.2, 0) is 22.7 Å². The van der Waals surface area contributed by atoms with Gasteiger partial charge in [-0.3, -0.25) is 39.1 Å². The van der Waals surface area contributed by atoms with Crippen molar-refractivity contribution in [3.05, 3.63) is 93.0 Å². The maximum atomic E-state index is 13.3. The molecule has 5 aliphatic rings. The highest BCUT2D eigenvalue weighted by molar-refractivity contribution is 6.31. The average molecular weight is 749 g/mol. The van der Waals surface area contributed by atoms with Crippen molar-refractivity contribution in [1.82, 2.24) is 20.4 Å². The van der Waals surface area contributed by atoms with Crippen molar-refractivity contribution < 1.29 is 28.7 Å². The number of halogens is 1. The molecular weight excluding hydrogens is 708 g/mol. The molecule has 3 fully saturated rings. The van der Waals surface area contributed by atoms with E-state index in [4.69, 9.17) is 21.6 Å². The molecule has 3 aromatic carbocycles. The Balaban J connectivity index is 0.780. The van der Waals surface area contributed by atoms with Crippen LogP contribution >= 0.6 is 11.6 Å². The highest BCUT2D eigenvalue weighted by Crippen LogP contribution is 2.35. The summed E-state index contributed by atoms with van der Waals surface area (Å²) in [5, 5.41) is 14.9. The molecule has 5 amide bonds. The lowest BCUT2D eigenvalue weighted by atomic mass is 9.92. The van der Waals surface area contributed by atoms with Crippen LogP contribution in [0, 0.1) is 17.2 Å². The van der Waals surface area contributed by atoms with Crippen LogP contribution in [0.25, 0.3) is 0 Å². The van der Waals surface area contributed by atoms with E-state index in [-0.39, 0.29) is 36.8 Å². The van der Waals surface area contributed by atoms with E-state index >= 15 is 0 Å². The van der Waals surface area contributed by atoms with Crippen LogP contribution in [0.15, 0.2) is 54.6 Å². The zero-order valence-electron chi connectivity index (χ0n) is 29.8. The van der Waals surface area contributed by atoms with E-state index in [1.54, 1.807) is 18.2 Å². The van der Waals surface area contributed by atoms with Gasteiger partial charge >= 0.3 is 0 Å². The Hall–Kier alpha value is -5.25. The SMILES string of the molecule is N#Cc1ccc(OC2CCC(NC(=O)c3ccc(N4CCC(CN5Cc6cc7c(cc6C5)C(=O)N([C@@H]5CCC(=O)NC5=O)C7=O)CC4)cc3)CC2)cc1Cl. The number of piperidine rings is 2. The standard InChI is InChI=1S/C41H41ClN6O6/c42-35-19-32(8-3-26(35)20-43)54-31-9-4-29(5-10-31)44-38(50)25-1-6-30(7-2-25)47-15-13-24(14-16-47)21-46-22-27-17-33-34(18-28(27)23-46)41(53)48(40(33)52)36-11-12-37(49)45-39(36)51/h1-3,6-8,17-19,24,29,31,36H,4-5,9-16,21-23H2,(H,44,50)(H,45,49,51)/t29?,31?,36-/m1/s1. The second-order valence-electron chi connectivity index (χ2n) is 15.1. The molecule has 0 radical (unpaired) electrons. The van der Waals surface area contributed by atoms with Gasteiger partial charge in [-0.1, -0.05) is 11.6 Å². The monoisotopic (exact) mass is 748 g/mol. The molecule has 0 unspecified atom stereocenters. The smallest absolute Gasteiger partial charge is 0.262 e. The number of hydrogen-bond acceptors (Lipinski definition) is 9. The third kappa shape index (κ3) is 7.18. The number of imide groups is 2. The summed E-state index contributed by atoms with van der Waals surface area (Å²) in [6.07, 6.45) is 5.64. The molecule has 4 aliphatic heterocycles. The summed E-state index contributed by atoms with van der Waals surface area (Å²) in [5.74, 6) is -0.827. The number of rotatable bonds is 8. The number of hydrogen-bond donors (Lipinski definition) is 2. The Morgan fingerprint density at radius 3 is 2.15 bits per heavy atom. The Bertz CT molecular complexity index is 2020. The first kappa shape index (κ1) is 35.8. The van der Waals surface area contributed by atoms with E-state index in [0.717, 1.165) is 79.9 Å². The fraction of sp³-hybridized carbons (Fsp3) is 0.415. The summed E-state index contributed by atoms with van der Waals surface area (Å²) >= 11 is 6.15. The van der Waals surface area contributed by atoms with Crippen molar-refractivity contribution in [3.63, 3.8) is 0 Å². The number of carbonyl (C=O) groups excluding carboxylic acids is 5. The van der Waals surface area contributed by atoms with Gasteiger partial charge in [0.15, 0.2) is 0 Å². The van der Waals surface area contributed by atoms with Crippen LogP contribution in [0.3, 0.4) is 0 Å². The minimum absolute atomic E-state index is 0.0404. The lowest BCUT2D eigenvalue weighted by Crippen LogP contribution is -2.54. The summed E-state index contributed by atoms with van der Waals surface area (Å²) in [6, 6.07) is 17.8. The van der Waals surface area contributed by atoms with Crippen molar-refractivity contribution >= 4 is 46.8 Å². The summed E-state index contributed by atoms with van der Waals surface area (Å²) in [7, 11) is 0. The lowest BCUT2D eigenvalue weighted by Gasteiger charge is -2.35. The fourth-order valence-corrected chi connectivity index (χ4v) is 8.79. The van der Waals surface area contributed by atoms with Gasteiger partial charge in [0.25, 0.3) is 17.7 Å². The van der Waals surface area contributed by atoms with E-state index in [1.807, 2.05) is 36.4 Å². The number of amides is 5. The number of carbonyl (C=O) groups is 5. The molecule has 1 saturated carbocycles. The molecule has 0 aromatic heterocycles. The number of anilines is 1. The minimum Gasteiger partial charge on any atom is -0.490 e. The molecule has 54 heavy (non-hydrogen) atoms. The van der Waals surface area contributed by atoms with E-state index in [1.165, 1.54) is 0 Å². The Morgan fingerprint density at radius 1 is 0.870 bits per heavy atom. The molecule has 8 rings (SSSR count). The first-order chi connectivity index (χ1) is 26.1. The van der Waals surface area contributed by atoms with Gasteiger partial charge in [-0.15, -0.1) is 0 Å². The topological polar surface area (TPSA) is 152 Å². The van der Waals surface area contributed by atoms with Crippen LogP contribution in [0.4, 0.5) is 5.69 Å². The first-order valence-electron chi connectivity index (χ1n) is 18.8. The lowest BCUT2D eigenvalue weighted by molar-refractivity contribution is -0.136. The number of nitriles is 1. The summed E-state index contributed by atoms with van der Waals surface area (Å²) in [5.41, 5.74) is 4.92. The highest BCUT2D eigenvalue weighted by atomic mass is 35.5. The molecule has 0 spiro atoms. The Labute approximate surface area is 318 Å². The van der Waals surface area contributed by atoms with Crippen LogP contribution in [-0.4, -0.2) is 77.2 Å². The van der Waals surface area contributed by atoms with Crippen molar-refractivity contribution in [1.29, 1.82) is 5.26 Å². The van der Waals surface area contributed by atoms with Crippen LogP contribution < -0.4 is 20.3 Å². The van der Waals surface area contributed by atoms with Gasteiger partial charge in [0.05, 0.1) is 27.8 Å². The van der Waals surface area contributed by atoms with Gasteiger partial charge in [0, 0.05) is 62.5 Å². The molecule has 1 aliphatic carbocycles. The molecule has 2 saturated heterocycles. The number of nitrogens with zero attached hydrogens (tertiary/aromatic N) is 4. The quantitative estimate of drug-likeness (QED) is 0.305. The molecule has 0 bridgehead atoms. The van der Waals surface area contributed by atoms with Gasteiger partial charge < -0.3 is 15.0 Å².